The predicted molar refractivity (Wildman–Crippen MR) is 66.6 cm³/mol. The van der Waals surface area contributed by atoms with Gasteiger partial charge in [0.15, 0.2) is 0 Å². The van der Waals surface area contributed by atoms with Gasteiger partial charge in [-0.05, 0) is 31.5 Å². The molecule has 0 radical (unpaired) electrons. The minimum atomic E-state index is -0.428. The van der Waals surface area contributed by atoms with Crippen molar-refractivity contribution in [2.75, 3.05) is 13.7 Å². The minimum Gasteiger partial charge on any atom is -0.496 e. The summed E-state index contributed by atoms with van der Waals surface area (Å²) in [7, 11) is 1.48. The van der Waals surface area contributed by atoms with Gasteiger partial charge in [-0.25, -0.2) is 0 Å². The zero-order valence-electron chi connectivity index (χ0n) is 9.87. The lowest BCUT2D eigenvalue weighted by Gasteiger charge is -2.10. The van der Waals surface area contributed by atoms with Gasteiger partial charge in [0, 0.05) is 11.6 Å². The van der Waals surface area contributed by atoms with Crippen LogP contribution in [0.1, 0.15) is 23.7 Å². The van der Waals surface area contributed by atoms with Crippen LogP contribution in [0, 0.1) is 0 Å². The molecule has 0 saturated carbocycles. The second-order valence-electron chi connectivity index (χ2n) is 3.74. The molecule has 2 N–H and O–H groups in total. The largest absolute Gasteiger partial charge is 0.496 e. The summed E-state index contributed by atoms with van der Waals surface area (Å²) in [6.45, 7) is 2.09. The molecule has 0 fully saturated rings. The van der Waals surface area contributed by atoms with Crippen molar-refractivity contribution >= 4 is 17.5 Å². The van der Waals surface area contributed by atoms with Crippen molar-refractivity contribution in [3.63, 3.8) is 0 Å². The number of amides is 1. The van der Waals surface area contributed by atoms with Crippen molar-refractivity contribution in [3.8, 4) is 5.75 Å². The quantitative estimate of drug-likeness (QED) is 0.846. The Morgan fingerprint density at radius 1 is 1.59 bits per heavy atom. The molecule has 1 amide bonds. The maximum absolute atomic E-state index is 11.8. The Bertz CT molecular complexity index is 393. The van der Waals surface area contributed by atoms with Crippen LogP contribution in [-0.2, 0) is 0 Å². The Kier molecular flexibility index (Phi) is 5.25. The molecule has 0 bridgehead atoms. The lowest BCUT2D eigenvalue weighted by atomic mass is 10.2. The summed E-state index contributed by atoms with van der Waals surface area (Å²) >= 11 is 5.80. The highest BCUT2D eigenvalue weighted by atomic mass is 35.5. The molecule has 0 spiro atoms. The van der Waals surface area contributed by atoms with Crippen molar-refractivity contribution in [1.82, 2.24) is 5.32 Å². The summed E-state index contributed by atoms with van der Waals surface area (Å²) in [4.78, 5) is 11.8. The highest BCUT2D eigenvalue weighted by Gasteiger charge is 2.12. The van der Waals surface area contributed by atoms with Gasteiger partial charge >= 0.3 is 0 Å². The van der Waals surface area contributed by atoms with E-state index in [-0.39, 0.29) is 5.91 Å². The molecule has 1 aromatic carbocycles. The van der Waals surface area contributed by atoms with Crippen molar-refractivity contribution < 1.29 is 14.6 Å². The average Bonchev–Trinajstić information content (AvgIpc) is 2.28. The van der Waals surface area contributed by atoms with E-state index in [0.717, 1.165) is 0 Å². The lowest BCUT2D eigenvalue weighted by Crippen LogP contribution is -2.26. The van der Waals surface area contributed by atoms with Crippen molar-refractivity contribution in [2.45, 2.75) is 19.4 Å². The Hall–Kier alpha value is -1.26. The fourth-order valence-electron chi connectivity index (χ4n) is 1.34. The normalized spacial score (nSPS) is 12.0. The molecule has 0 heterocycles. The maximum atomic E-state index is 11.8. The molecule has 5 heteroatoms. The molecule has 0 saturated heterocycles. The predicted octanol–water partition coefficient (Wildman–Crippen LogP) is 1.85. The highest BCUT2D eigenvalue weighted by Crippen LogP contribution is 2.22. The fourth-order valence-corrected chi connectivity index (χ4v) is 1.50. The van der Waals surface area contributed by atoms with Crippen LogP contribution >= 0.6 is 11.6 Å². The van der Waals surface area contributed by atoms with Gasteiger partial charge in [0.2, 0.25) is 0 Å². The van der Waals surface area contributed by atoms with Gasteiger partial charge in [-0.2, -0.15) is 0 Å². The number of halogens is 1. The second-order valence-corrected chi connectivity index (χ2v) is 4.17. The lowest BCUT2D eigenvalue weighted by molar-refractivity contribution is 0.0942. The van der Waals surface area contributed by atoms with Crippen molar-refractivity contribution in [1.29, 1.82) is 0 Å². The molecular weight excluding hydrogens is 242 g/mol. The Morgan fingerprint density at radius 3 is 2.88 bits per heavy atom. The molecule has 1 aromatic rings. The number of methoxy groups -OCH3 is 1. The van der Waals surface area contributed by atoms with Gasteiger partial charge in [-0.1, -0.05) is 11.6 Å². The molecule has 0 aromatic heterocycles. The molecule has 1 rings (SSSR count). The van der Waals surface area contributed by atoms with Crippen LogP contribution in [-0.4, -0.2) is 30.8 Å². The second kappa shape index (κ2) is 6.47. The first-order valence-electron chi connectivity index (χ1n) is 5.34. The monoisotopic (exact) mass is 257 g/mol. The zero-order chi connectivity index (χ0) is 12.8. The number of hydrogen-bond acceptors (Lipinski definition) is 3. The first kappa shape index (κ1) is 13.8. The summed E-state index contributed by atoms with van der Waals surface area (Å²) in [6.07, 6.45) is 0.0872. The van der Waals surface area contributed by atoms with Crippen molar-refractivity contribution in [3.05, 3.63) is 28.8 Å². The SMILES string of the molecule is COc1cc(Cl)ccc1C(=O)NCCC(C)O. The molecule has 94 valence electrons. The van der Waals surface area contributed by atoms with Crippen molar-refractivity contribution in [2.24, 2.45) is 0 Å². The van der Waals surface area contributed by atoms with Gasteiger partial charge < -0.3 is 15.2 Å². The number of ether oxygens (including phenoxy) is 1. The van der Waals surface area contributed by atoms with Crippen LogP contribution in [0.25, 0.3) is 0 Å². The van der Waals surface area contributed by atoms with Gasteiger partial charge in [0.05, 0.1) is 18.8 Å². The third-order valence-corrected chi connectivity index (χ3v) is 2.49. The molecule has 17 heavy (non-hydrogen) atoms. The molecular formula is C12H16ClNO3. The van der Waals surface area contributed by atoms with Crippen LogP contribution in [0.4, 0.5) is 0 Å². The van der Waals surface area contributed by atoms with E-state index >= 15 is 0 Å². The van der Waals surface area contributed by atoms with Gasteiger partial charge in [-0.3, -0.25) is 4.79 Å². The summed E-state index contributed by atoms with van der Waals surface area (Å²) in [6, 6.07) is 4.83. The van der Waals surface area contributed by atoms with Crippen LogP contribution < -0.4 is 10.1 Å². The Labute approximate surface area is 106 Å². The standard InChI is InChI=1S/C12H16ClNO3/c1-8(15)5-6-14-12(16)10-4-3-9(13)7-11(10)17-2/h3-4,7-8,15H,5-6H2,1-2H3,(H,14,16). The average molecular weight is 258 g/mol. The zero-order valence-corrected chi connectivity index (χ0v) is 10.6. The van der Waals surface area contributed by atoms with Gasteiger partial charge in [0.25, 0.3) is 5.91 Å². The molecule has 0 aliphatic heterocycles. The van der Waals surface area contributed by atoms with E-state index < -0.39 is 6.10 Å². The van der Waals surface area contributed by atoms with E-state index in [2.05, 4.69) is 5.32 Å². The summed E-state index contributed by atoms with van der Waals surface area (Å²) in [5, 5.41) is 12.3. The van der Waals surface area contributed by atoms with E-state index in [0.29, 0.717) is 29.3 Å². The van der Waals surface area contributed by atoms with Crippen LogP contribution in [0.2, 0.25) is 5.02 Å². The number of benzene rings is 1. The number of hydrogen-bond donors (Lipinski definition) is 2. The molecule has 0 aliphatic carbocycles. The summed E-state index contributed by atoms with van der Waals surface area (Å²) in [5.41, 5.74) is 0.433. The fraction of sp³-hybridized carbons (Fsp3) is 0.417. The molecule has 4 nitrogen and oxygen atoms in total. The van der Waals surface area contributed by atoms with E-state index in [4.69, 9.17) is 21.4 Å². The number of carbonyl (C=O) groups excluding carboxylic acids is 1. The van der Waals surface area contributed by atoms with E-state index in [1.165, 1.54) is 7.11 Å². The summed E-state index contributed by atoms with van der Waals surface area (Å²) < 4.78 is 5.08. The molecule has 1 atom stereocenters. The molecule has 0 aliphatic rings. The topological polar surface area (TPSA) is 58.6 Å². The van der Waals surface area contributed by atoms with Gasteiger partial charge in [0.1, 0.15) is 5.75 Å². The third-order valence-electron chi connectivity index (χ3n) is 2.26. The van der Waals surface area contributed by atoms with Crippen LogP contribution in [0.3, 0.4) is 0 Å². The highest BCUT2D eigenvalue weighted by molar-refractivity contribution is 6.30. The number of rotatable bonds is 5. The van der Waals surface area contributed by atoms with Crippen LogP contribution in [0.15, 0.2) is 18.2 Å². The number of carbonyl (C=O) groups is 1. The van der Waals surface area contributed by atoms with Crippen LogP contribution in [0.5, 0.6) is 5.75 Å². The third kappa shape index (κ3) is 4.24. The minimum absolute atomic E-state index is 0.237. The maximum Gasteiger partial charge on any atom is 0.255 e. The number of aliphatic hydroxyl groups is 1. The first-order valence-corrected chi connectivity index (χ1v) is 5.72. The van der Waals surface area contributed by atoms with Gasteiger partial charge in [-0.15, -0.1) is 0 Å². The Morgan fingerprint density at radius 2 is 2.29 bits per heavy atom. The first-order chi connectivity index (χ1) is 8.04. The van der Waals surface area contributed by atoms with E-state index in [1.54, 1.807) is 25.1 Å². The van der Waals surface area contributed by atoms with E-state index in [1.807, 2.05) is 0 Å². The Balaban J connectivity index is 2.68. The number of nitrogens with one attached hydrogen (secondary N) is 1. The smallest absolute Gasteiger partial charge is 0.255 e. The number of aliphatic hydroxyl groups excluding tert-OH is 1. The molecule has 1 unspecified atom stereocenters. The van der Waals surface area contributed by atoms with E-state index in [9.17, 15) is 4.79 Å². The summed E-state index contributed by atoms with van der Waals surface area (Å²) in [5.74, 6) is 0.200.